The van der Waals surface area contributed by atoms with Crippen LogP contribution in [0, 0.1) is 0 Å². The summed E-state index contributed by atoms with van der Waals surface area (Å²) in [6.07, 6.45) is 0. The van der Waals surface area contributed by atoms with Crippen LogP contribution >= 0.6 is 0 Å². The van der Waals surface area contributed by atoms with Gasteiger partial charge in [-0.25, -0.2) is 0 Å². The molecular weight excluding hydrogens is 218 g/mol. The van der Waals surface area contributed by atoms with E-state index in [4.69, 9.17) is 10.5 Å². The van der Waals surface area contributed by atoms with Crippen LogP contribution in [-0.4, -0.2) is 18.7 Å². The summed E-state index contributed by atoms with van der Waals surface area (Å²) < 4.78 is 10.2. The van der Waals surface area contributed by atoms with E-state index in [9.17, 15) is 4.79 Å². The molecule has 4 heteroatoms. The number of rotatable bonds is 3. The van der Waals surface area contributed by atoms with Crippen molar-refractivity contribution in [3.8, 4) is 5.75 Å². The lowest BCUT2D eigenvalue weighted by Gasteiger charge is -2.21. The molecule has 1 rings (SSSR count). The zero-order valence-electron chi connectivity index (χ0n) is 10.7. The summed E-state index contributed by atoms with van der Waals surface area (Å²) >= 11 is 0. The van der Waals surface area contributed by atoms with E-state index in [1.807, 2.05) is 20.8 Å². The predicted octanol–water partition coefficient (Wildman–Crippen LogP) is 2.04. The van der Waals surface area contributed by atoms with Crippen LogP contribution in [0.25, 0.3) is 0 Å². The van der Waals surface area contributed by atoms with Crippen LogP contribution in [0.4, 0.5) is 0 Å². The molecule has 0 aromatic heterocycles. The third-order valence-corrected chi connectivity index (χ3v) is 2.12. The Labute approximate surface area is 102 Å². The number of esters is 1. The van der Waals surface area contributed by atoms with Gasteiger partial charge in [0.15, 0.2) is 0 Å². The number of hydrogen-bond acceptors (Lipinski definition) is 4. The van der Waals surface area contributed by atoms with Crippen molar-refractivity contribution in [3.05, 3.63) is 29.8 Å². The number of ether oxygens (including phenoxy) is 2. The summed E-state index contributed by atoms with van der Waals surface area (Å²) in [4.78, 5) is 11.2. The molecule has 0 amide bonds. The van der Waals surface area contributed by atoms with Crippen molar-refractivity contribution in [2.45, 2.75) is 32.4 Å². The van der Waals surface area contributed by atoms with Crippen molar-refractivity contribution in [2.75, 3.05) is 7.11 Å². The van der Waals surface area contributed by atoms with Gasteiger partial charge in [0.25, 0.3) is 0 Å². The molecule has 0 saturated heterocycles. The SMILES string of the molecule is COC(=O)C(N)c1ccc(OC(C)(C)C)cc1. The third kappa shape index (κ3) is 4.07. The summed E-state index contributed by atoms with van der Waals surface area (Å²) in [7, 11) is 1.32. The highest BCUT2D eigenvalue weighted by atomic mass is 16.5. The molecule has 0 heterocycles. The van der Waals surface area contributed by atoms with E-state index in [2.05, 4.69) is 4.74 Å². The molecule has 17 heavy (non-hydrogen) atoms. The van der Waals surface area contributed by atoms with E-state index < -0.39 is 12.0 Å². The first-order valence-corrected chi connectivity index (χ1v) is 5.46. The molecule has 0 saturated carbocycles. The maximum absolute atomic E-state index is 11.2. The Morgan fingerprint density at radius 1 is 1.24 bits per heavy atom. The van der Waals surface area contributed by atoms with Gasteiger partial charge in [0, 0.05) is 0 Å². The summed E-state index contributed by atoms with van der Waals surface area (Å²) in [6, 6.07) is 6.38. The van der Waals surface area contributed by atoms with Gasteiger partial charge in [0.05, 0.1) is 7.11 Å². The molecule has 2 N–H and O–H groups in total. The molecule has 0 aliphatic carbocycles. The fourth-order valence-corrected chi connectivity index (χ4v) is 1.36. The van der Waals surface area contributed by atoms with Crippen molar-refractivity contribution in [3.63, 3.8) is 0 Å². The molecule has 0 radical (unpaired) electrons. The lowest BCUT2D eigenvalue weighted by Crippen LogP contribution is -2.24. The Hall–Kier alpha value is -1.55. The van der Waals surface area contributed by atoms with Gasteiger partial charge >= 0.3 is 5.97 Å². The van der Waals surface area contributed by atoms with Crippen molar-refractivity contribution in [1.29, 1.82) is 0 Å². The average molecular weight is 237 g/mol. The minimum absolute atomic E-state index is 0.244. The summed E-state index contributed by atoms with van der Waals surface area (Å²) in [6.45, 7) is 5.92. The zero-order chi connectivity index (χ0) is 13.1. The molecule has 0 bridgehead atoms. The van der Waals surface area contributed by atoms with Crippen molar-refractivity contribution in [2.24, 2.45) is 5.73 Å². The predicted molar refractivity (Wildman–Crippen MR) is 65.8 cm³/mol. The van der Waals surface area contributed by atoms with E-state index in [1.165, 1.54) is 7.11 Å². The molecule has 1 aromatic rings. The van der Waals surface area contributed by atoms with E-state index in [0.29, 0.717) is 5.56 Å². The van der Waals surface area contributed by atoms with Crippen LogP contribution in [0.3, 0.4) is 0 Å². The maximum atomic E-state index is 11.2. The van der Waals surface area contributed by atoms with E-state index in [-0.39, 0.29) is 5.60 Å². The molecular formula is C13H19NO3. The van der Waals surface area contributed by atoms with Crippen LogP contribution in [0.15, 0.2) is 24.3 Å². The Morgan fingerprint density at radius 3 is 2.18 bits per heavy atom. The number of methoxy groups -OCH3 is 1. The highest BCUT2D eigenvalue weighted by Gasteiger charge is 2.17. The fraction of sp³-hybridized carbons (Fsp3) is 0.462. The van der Waals surface area contributed by atoms with Gasteiger partial charge in [-0.2, -0.15) is 0 Å². The molecule has 1 unspecified atom stereocenters. The van der Waals surface area contributed by atoms with Gasteiger partial charge in [-0.1, -0.05) is 12.1 Å². The smallest absolute Gasteiger partial charge is 0.327 e. The van der Waals surface area contributed by atoms with Gasteiger partial charge in [0.1, 0.15) is 17.4 Å². The van der Waals surface area contributed by atoms with Crippen molar-refractivity contribution in [1.82, 2.24) is 0 Å². The highest BCUT2D eigenvalue weighted by Crippen LogP contribution is 2.21. The molecule has 0 fully saturated rings. The zero-order valence-corrected chi connectivity index (χ0v) is 10.7. The molecule has 0 spiro atoms. The topological polar surface area (TPSA) is 61.5 Å². The van der Waals surface area contributed by atoms with Gasteiger partial charge < -0.3 is 15.2 Å². The molecule has 4 nitrogen and oxygen atoms in total. The van der Waals surface area contributed by atoms with Crippen LogP contribution in [0.2, 0.25) is 0 Å². The van der Waals surface area contributed by atoms with Gasteiger partial charge in [-0.3, -0.25) is 4.79 Å². The first-order chi connectivity index (χ1) is 7.83. The normalized spacial score (nSPS) is 13.0. The maximum Gasteiger partial charge on any atom is 0.327 e. The first kappa shape index (κ1) is 13.5. The second-order valence-corrected chi connectivity index (χ2v) is 4.78. The largest absolute Gasteiger partial charge is 0.488 e. The van der Waals surface area contributed by atoms with Crippen LogP contribution in [0.5, 0.6) is 5.75 Å². The Balaban J connectivity index is 2.78. The lowest BCUT2D eigenvalue weighted by molar-refractivity contribution is -0.142. The summed E-state index contributed by atoms with van der Waals surface area (Å²) in [5, 5.41) is 0. The first-order valence-electron chi connectivity index (χ1n) is 5.46. The van der Waals surface area contributed by atoms with Crippen molar-refractivity contribution < 1.29 is 14.3 Å². The third-order valence-electron chi connectivity index (χ3n) is 2.12. The lowest BCUT2D eigenvalue weighted by atomic mass is 10.1. The summed E-state index contributed by atoms with van der Waals surface area (Å²) in [5.74, 6) is 0.299. The minimum Gasteiger partial charge on any atom is -0.488 e. The quantitative estimate of drug-likeness (QED) is 0.817. The molecule has 94 valence electrons. The van der Waals surface area contributed by atoms with E-state index >= 15 is 0 Å². The Kier molecular flexibility index (Phi) is 4.12. The minimum atomic E-state index is -0.747. The number of hydrogen-bond donors (Lipinski definition) is 1. The van der Waals surface area contributed by atoms with E-state index in [1.54, 1.807) is 24.3 Å². The average Bonchev–Trinajstić information content (AvgIpc) is 2.26. The molecule has 1 atom stereocenters. The Bertz CT molecular complexity index is 379. The number of nitrogens with two attached hydrogens (primary N) is 1. The molecule has 0 aliphatic heterocycles. The highest BCUT2D eigenvalue weighted by molar-refractivity contribution is 5.77. The van der Waals surface area contributed by atoms with Gasteiger partial charge in [-0.05, 0) is 38.5 Å². The molecule has 0 aliphatic rings. The fourth-order valence-electron chi connectivity index (χ4n) is 1.36. The van der Waals surface area contributed by atoms with Crippen LogP contribution in [0.1, 0.15) is 32.4 Å². The number of carbonyl (C=O) groups is 1. The van der Waals surface area contributed by atoms with Gasteiger partial charge in [-0.15, -0.1) is 0 Å². The second-order valence-electron chi connectivity index (χ2n) is 4.78. The molecule has 1 aromatic carbocycles. The summed E-state index contributed by atoms with van der Waals surface area (Å²) in [5.41, 5.74) is 6.17. The van der Waals surface area contributed by atoms with Gasteiger partial charge in [0.2, 0.25) is 0 Å². The standard InChI is InChI=1S/C13H19NO3/c1-13(2,3)17-10-7-5-9(6-8-10)11(14)12(15)16-4/h5-8,11H,14H2,1-4H3. The second kappa shape index (κ2) is 5.19. The monoisotopic (exact) mass is 237 g/mol. The number of benzene rings is 1. The Morgan fingerprint density at radius 2 is 1.76 bits per heavy atom. The number of carbonyl (C=O) groups excluding carboxylic acids is 1. The van der Waals surface area contributed by atoms with Crippen molar-refractivity contribution >= 4 is 5.97 Å². The van der Waals surface area contributed by atoms with Crippen LogP contribution in [-0.2, 0) is 9.53 Å². The van der Waals surface area contributed by atoms with E-state index in [0.717, 1.165) is 5.75 Å². The van der Waals surface area contributed by atoms with Crippen LogP contribution < -0.4 is 10.5 Å².